The van der Waals surface area contributed by atoms with Crippen molar-refractivity contribution in [3.63, 3.8) is 0 Å². The number of halogens is 1. The molecule has 1 aromatic carbocycles. The molecule has 0 atom stereocenters. The Morgan fingerprint density at radius 3 is 2.95 bits per heavy atom. The molecule has 0 aliphatic rings. The Morgan fingerprint density at radius 1 is 1.43 bits per heavy atom. The van der Waals surface area contributed by atoms with Crippen molar-refractivity contribution in [3.8, 4) is 5.75 Å². The van der Waals surface area contributed by atoms with Gasteiger partial charge in [0.1, 0.15) is 11.4 Å². The van der Waals surface area contributed by atoms with Crippen LogP contribution in [0.15, 0.2) is 30.5 Å². The number of Topliss-reactive ketones (excluding diaryl/α,β-unsaturated/α-hetero) is 1. The first kappa shape index (κ1) is 15.6. The maximum Gasteiger partial charge on any atom is 0.185 e. The van der Waals surface area contributed by atoms with Gasteiger partial charge in [0.05, 0.1) is 17.8 Å². The van der Waals surface area contributed by atoms with Gasteiger partial charge in [-0.15, -0.1) is 0 Å². The summed E-state index contributed by atoms with van der Waals surface area (Å²) in [5.41, 5.74) is 1.61. The molecule has 0 saturated heterocycles. The minimum atomic E-state index is -0.0430. The Balaban J connectivity index is 1.94. The molecular formula is C16H19ClN2O2. The molecule has 21 heavy (non-hydrogen) atoms. The van der Waals surface area contributed by atoms with Gasteiger partial charge in [0, 0.05) is 13.0 Å². The molecule has 0 aliphatic heterocycles. The second-order valence-corrected chi connectivity index (χ2v) is 5.31. The van der Waals surface area contributed by atoms with E-state index in [2.05, 4.69) is 5.10 Å². The van der Waals surface area contributed by atoms with E-state index in [-0.39, 0.29) is 12.2 Å². The molecule has 0 fully saturated rings. The minimum absolute atomic E-state index is 0.0430. The van der Waals surface area contributed by atoms with Crippen LogP contribution >= 0.6 is 11.6 Å². The van der Waals surface area contributed by atoms with E-state index in [0.717, 1.165) is 17.7 Å². The van der Waals surface area contributed by atoms with Crippen molar-refractivity contribution in [2.75, 3.05) is 6.61 Å². The number of carbonyl (C=O) groups excluding carboxylic acids is 1. The maximum atomic E-state index is 12.3. The molecule has 0 unspecified atom stereocenters. The first-order valence-corrected chi connectivity index (χ1v) is 7.43. The average molecular weight is 307 g/mol. The van der Waals surface area contributed by atoms with Crippen molar-refractivity contribution in [1.29, 1.82) is 0 Å². The monoisotopic (exact) mass is 306 g/mol. The Morgan fingerprint density at radius 2 is 2.24 bits per heavy atom. The van der Waals surface area contributed by atoms with Crippen LogP contribution in [-0.2, 0) is 6.54 Å². The smallest absolute Gasteiger partial charge is 0.185 e. The van der Waals surface area contributed by atoms with Crippen LogP contribution in [-0.4, -0.2) is 22.2 Å². The molecule has 0 amide bonds. The van der Waals surface area contributed by atoms with Crippen LogP contribution in [0, 0.1) is 6.92 Å². The number of ketones is 1. The van der Waals surface area contributed by atoms with E-state index >= 15 is 0 Å². The topological polar surface area (TPSA) is 44.1 Å². The quantitative estimate of drug-likeness (QED) is 0.729. The number of aryl methyl sites for hydroxylation is 2. The molecule has 2 aromatic rings. The van der Waals surface area contributed by atoms with Crippen molar-refractivity contribution in [3.05, 3.63) is 46.7 Å². The Kier molecular flexibility index (Phi) is 5.39. The van der Waals surface area contributed by atoms with Crippen LogP contribution in [0.2, 0.25) is 5.02 Å². The van der Waals surface area contributed by atoms with Gasteiger partial charge in [-0.25, -0.2) is 0 Å². The van der Waals surface area contributed by atoms with Gasteiger partial charge < -0.3 is 4.74 Å². The third kappa shape index (κ3) is 4.08. The second kappa shape index (κ2) is 7.27. The van der Waals surface area contributed by atoms with E-state index < -0.39 is 0 Å². The fourth-order valence-corrected chi connectivity index (χ4v) is 2.35. The minimum Gasteiger partial charge on any atom is -0.493 e. The highest BCUT2D eigenvalue weighted by atomic mass is 35.5. The first-order chi connectivity index (χ1) is 10.1. The molecule has 4 nitrogen and oxygen atoms in total. The van der Waals surface area contributed by atoms with Gasteiger partial charge in [0.2, 0.25) is 0 Å². The van der Waals surface area contributed by atoms with Crippen LogP contribution in [0.4, 0.5) is 0 Å². The number of aromatic nitrogens is 2. The lowest BCUT2D eigenvalue weighted by molar-refractivity contribution is 0.0951. The standard InChI is InChI=1S/C16H19ClN2O2/c1-3-8-19-16(14(17)11-18-19)15(20)7-9-21-13-6-4-5-12(2)10-13/h4-6,10-11H,3,7-9H2,1-2H3. The molecule has 0 aliphatic carbocycles. The molecule has 0 N–H and O–H groups in total. The molecule has 2 rings (SSSR count). The summed E-state index contributed by atoms with van der Waals surface area (Å²) in [4.78, 5) is 12.3. The van der Waals surface area contributed by atoms with E-state index in [1.54, 1.807) is 4.68 Å². The summed E-state index contributed by atoms with van der Waals surface area (Å²) in [5.74, 6) is 0.731. The summed E-state index contributed by atoms with van der Waals surface area (Å²) in [5, 5.41) is 4.53. The molecular weight excluding hydrogens is 288 g/mol. The molecule has 112 valence electrons. The highest BCUT2D eigenvalue weighted by Gasteiger charge is 2.17. The highest BCUT2D eigenvalue weighted by molar-refractivity contribution is 6.33. The van der Waals surface area contributed by atoms with Crippen molar-refractivity contribution >= 4 is 17.4 Å². The lowest BCUT2D eigenvalue weighted by atomic mass is 10.2. The van der Waals surface area contributed by atoms with Gasteiger partial charge in [-0.3, -0.25) is 9.48 Å². The van der Waals surface area contributed by atoms with Crippen molar-refractivity contribution in [2.24, 2.45) is 0 Å². The number of nitrogens with zero attached hydrogens (tertiary/aromatic N) is 2. The first-order valence-electron chi connectivity index (χ1n) is 7.05. The van der Waals surface area contributed by atoms with E-state index in [0.29, 0.717) is 23.9 Å². The second-order valence-electron chi connectivity index (χ2n) is 4.90. The van der Waals surface area contributed by atoms with Crippen LogP contribution < -0.4 is 4.74 Å². The summed E-state index contributed by atoms with van der Waals surface area (Å²) in [6, 6.07) is 7.76. The van der Waals surface area contributed by atoms with Crippen molar-refractivity contribution in [2.45, 2.75) is 33.2 Å². The number of ether oxygens (including phenoxy) is 1. The SMILES string of the molecule is CCCn1ncc(Cl)c1C(=O)CCOc1cccc(C)c1. The van der Waals surface area contributed by atoms with Gasteiger partial charge in [-0.1, -0.05) is 30.7 Å². The number of rotatable bonds is 7. The third-order valence-corrected chi connectivity index (χ3v) is 3.36. The molecule has 0 bridgehead atoms. The zero-order valence-corrected chi connectivity index (χ0v) is 13.1. The number of benzene rings is 1. The molecule has 1 aromatic heterocycles. The predicted octanol–water partition coefficient (Wildman–Crippen LogP) is 3.91. The summed E-state index contributed by atoms with van der Waals surface area (Å²) < 4.78 is 7.27. The molecule has 0 spiro atoms. The zero-order chi connectivity index (χ0) is 15.2. The Labute approximate surface area is 129 Å². The largest absolute Gasteiger partial charge is 0.493 e. The van der Waals surface area contributed by atoms with E-state index in [4.69, 9.17) is 16.3 Å². The number of hydrogen-bond donors (Lipinski definition) is 0. The average Bonchev–Trinajstić information content (AvgIpc) is 2.80. The summed E-state index contributed by atoms with van der Waals surface area (Å²) >= 11 is 6.05. The van der Waals surface area contributed by atoms with Crippen LogP contribution in [0.3, 0.4) is 0 Å². The lowest BCUT2D eigenvalue weighted by Gasteiger charge is -2.08. The fourth-order valence-electron chi connectivity index (χ4n) is 2.11. The molecule has 0 saturated carbocycles. The summed E-state index contributed by atoms with van der Waals surface area (Å²) in [7, 11) is 0. The third-order valence-electron chi connectivity index (χ3n) is 3.08. The van der Waals surface area contributed by atoms with E-state index in [9.17, 15) is 4.79 Å². The Hall–Kier alpha value is -1.81. The van der Waals surface area contributed by atoms with Gasteiger partial charge >= 0.3 is 0 Å². The summed E-state index contributed by atoms with van der Waals surface area (Å²) in [6.45, 7) is 5.05. The summed E-state index contributed by atoms with van der Waals surface area (Å²) in [6.07, 6.45) is 2.70. The van der Waals surface area contributed by atoms with E-state index in [1.807, 2.05) is 38.1 Å². The predicted molar refractivity (Wildman–Crippen MR) is 83.1 cm³/mol. The fraction of sp³-hybridized carbons (Fsp3) is 0.375. The lowest BCUT2D eigenvalue weighted by Crippen LogP contribution is -2.13. The number of hydrogen-bond acceptors (Lipinski definition) is 3. The van der Waals surface area contributed by atoms with Crippen LogP contribution in [0.5, 0.6) is 5.75 Å². The molecule has 1 heterocycles. The number of carbonyl (C=O) groups is 1. The van der Waals surface area contributed by atoms with Crippen molar-refractivity contribution in [1.82, 2.24) is 9.78 Å². The van der Waals surface area contributed by atoms with Gasteiger partial charge in [0.15, 0.2) is 5.78 Å². The van der Waals surface area contributed by atoms with Gasteiger partial charge in [-0.05, 0) is 31.0 Å². The Bertz CT molecular complexity index is 622. The zero-order valence-electron chi connectivity index (χ0n) is 12.3. The van der Waals surface area contributed by atoms with Crippen molar-refractivity contribution < 1.29 is 9.53 Å². The molecule has 5 heteroatoms. The van der Waals surface area contributed by atoms with Gasteiger partial charge in [0.25, 0.3) is 0 Å². The van der Waals surface area contributed by atoms with Crippen LogP contribution in [0.1, 0.15) is 35.8 Å². The van der Waals surface area contributed by atoms with Gasteiger partial charge in [-0.2, -0.15) is 5.10 Å². The maximum absolute atomic E-state index is 12.3. The van der Waals surface area contributed by atoms with Crippen LogP contribution in [0.25, 0.3) is 0 Å². The normalized spacial score (nSPS) is 10.6. The molecule has 0 radical (unpaired) electrons. The van der Waals surface area contributed by atoms with E-state index in [1.165, 1.54) is 6.20 Å². The highest BCUT2D eigenvalue weighted by Crippen LogP contribution is 2.18.